The van der Waals surface area contributed by atoms with Crippen LogP contribution in [0.1, 0.15) is 24.1 Å². The third-order valence-corrected chi connectivity index (χ3v) is 4.76. The third-order valence-electron chi connectivity index (χ3n) is 4.76. The molecule has 7 heteroatoms. The molecule has 2 N–H and O–H groups in total. The first-order valence-electron chi connectivity index (χ1n) is 9.04. The van der Waals surface area contributed by atoms with Gasteiger partial charge in [0.1, 0.15) is 0 Å². The molecular weight excluding hydrogens is 352 g/mol. The number of rotatable bonds is 7. The number of carbonyl (C=O) groups excluding carboxylic acids is 1. The molecule has 1 saturated heterocycles. The van der Waals surface area contributed by atoms with Crippen molar-refractivity contribution in [2.45, 2.75) is 31.4 Å². The van der Waals surface area contributed by atoms with E-state index in [2.05, 4.69) is 10.3 Å². The number of aliphatic hydroxyl groups is 1. The molecule has 1 aromatic heterocycles. The van der Waals surface area contributed by atoms with Crippen LogP contribution in [0.25, 0.3) is 0 Å². The van der Waals surface area contributed by atoms with Crippen molar-refractivity contribution < 1.29 is 18.7 Å². The van der Waals surface area contributed by atoms with E-state index >= 15 is 0 Å². The van der Waals surface area contributed by atoms with Crippen molar-refractivity contribution in [2.75, 3.05) is 19.6 Å². The highest BCUT2D eigenvalue weighted by Crippen LogP contribution is 2.24. The molecule has 1 aliphatic heterocycles. The number of amides is 1. The zero-order valence-electron chi connectivity index (χ0n) is 15.0. The second-order valence-electron chi connectivity index (χ2n) is 6.86. The average Bonchev–Trinajstić information content (AvgIpc) is 2.67. The summed E-state index contributed by atoms with van der Waals surface area (Å²) in [4.78, 5) is 18.5. The molecule has 27 heavy (non-hydrogen) atoms. The molecule has 1 amide bonds. The lowest BCUT2D eigenvalue weighted by molar-refractivity contribution is -0.157. The molecule has 1 atom stereocenters. The Hall–Kier alpha value is -2.38. The van der Waals surface area contributed by atoms with Crippen molar-refractivity contribution in [1.82, 2.24) is 15.2 Å². The molecule has 0 bridgehead atoms. The van der Waals surface area contributed by atoms with E-state index in [1.54, 1.807) is 6.20 Å². The van der Waals surface area contributed by atoms with Gasteiger partial charge in [0, 0.05) is 44.5 Å². The molecule has 1 aromatic carbocycles. The van der Waals surface area contributed by atoms with E-state index in [4.69, 9.17) is 0 Å². The second-order valence-corrected chi connectivity index (χ2v) is 6.86. The summed E-state index contributed by atoms with van der Waals surface area (Å²) in [6.07, 6.45) is 3.44. The number of nitrogens with one attached hydrogen (secondary N) is 1. The van der Waals surface area contributed by atoms with Gasteiger partial charge in [-0.1, -0.05) is 12.1 Å². The number of nitrogens with zero attached hydrogens (tertiary/aromatic N) is 2. The lowest BCUT2D eigenvalue weighted by Crippen LogP contribution is -2.57. The van der Waals surface area contributed by atoms with Gasteiger partial charge in [-0.3, -0.25) is 9.78 Å². The van der Waals surface area contributed by atoms with Crippen LogP contribution >= 0.6 is 0 Å². The van der Waals surface area contributed by atoms with Crippen molar-refractivity contribution in [3.63, 3.8) is 0 Å². The first-order chi connectivity index (χ1) is 13.0. The SMILES string of the molecule is O=C1N(Cc2ccc(F)c(F)c2)CCC[C@]1(O)CNCCc1ccccn1. The van der Waals surface area contributed by atoms with Crippen molar-refractivity contribution in [2.24, 2.45) is 0 Å². The smallest absolute Gasteiger partial charge is 0.256 e. The average molecular weight is 375 g/mol. The number of aromatic nitrogens is 1. The van der Waals surface area contributed by atoms with Gasteiger partial charge in [0.15, 0.2) is 17.2 Å². The number of hydrogen-bond acceptors (Lipinski definition) is 4. The fourth-order valence-corrected chi connectivity index (χ4v) is 3.30. The minimum Gasteiger partial charge on any atom is -0.379 e. The number of hydrogen-bond donors (Lipinski definition) is 2. The summed E-state index contributed by atoms with van der Waals surface area (Å²) in [6.45, 7) is 1.36. The van der Waals surface area contributed by atoms with Gasteiger partial charge in [0.25, 0.3) is 5.91 Å². The van der Waals surface area contributed by atoms with Crippen LogP contribution in [-0.2, 0) is 17.8 Å². The monoisotopic (exact) mass is 375 g/mol. The van der Waals surface area contributed by atoms with Gasteiger partial charge in [-0.2, -0.15) is 0 Å². The summed E-state index contributed by atoms with van der Waals surface area (Å²) < 4.78 is 26.4. The Labute approximate surface area is 157 Å². The van der Waals surface area contributed by atoms with Crippen LogP contribution in [0.2, 0.25) is 0 Å². The van der Waals surface area contributed by atoms with E-state index in [0.29, 0.717) is 37.9 Å². The molecule has 0 saturated carbocycles. The van der Waals surface area contributed by atoms with Gasteiger partial charge >= 0.3 is 0 Å². The molecule has 1 aliphatic rings. The fraction of sp³-hybridized carbons (Fsp3) is 0.400. The number of pyridine rings is 1. The topological polar surface area (TPSA) is 65.5 Å². The molecule has 0 unspecified atom stereocenters. The van der Waals surface area contributed by atoms with Gasteiger partial charge in [-0.25, -0.2) is 8.78 Å². The zero-order chi connectivity index (χ0) is 19.3. The first kappa shape index (κ1) is 19.4. The Morgan fingerprint density at radius 3 is 2.81 bits per heavy atom. The predicted octanol–water partition coefficient (Wildman–Crippen LogP) is 2.05. The maximum absolute atomic E-state index is 13.4. The minimum absolute atomic E-state index is 0.145. The molecule has 0 aliphatic carbocycles. The first-order valence-corrected chi connectivity index (χ1v) is 9.04. The fourth-order valence-electron chi connectivity index (χ4n) is 3.30. The largest absolute Gasteiger partial charge is 0.379 e. The Kier molecular flexibility index (Phi) is 6.13. The summed E-state index contributed by atoms with van der Waals surface area (Å²) in [5.74, 6) is -2.25. The lowest BCUT2D eigenvalue weighted by atomic mass is 9.91. The van der Waals surface area contributed by atoms with Gasteiger partial charge in [-0.15, -0.1) is 0 Å². The van der Waals surface area contributed by atoms with E-state index in [1.807, 2.05) is 18.2 Å². The molecule has 2 heterocycles. The van der Waals surface area contributed by atoms with Crippen LogP contribution in [0, 0.1) is 11.6 Å². The third kappa shape index (κ3) is 4.87. The van der Waals surface area contributed by atoms with Crippen LogP contribution < -0.4 is 5.32 Å². The molecular formula is C20H23F2N3O2. The van der Waals surface area contributed by atoms with Gasteiger partial charge in [0.2, 0.25) is 0 Å². The normalized spacial score (nSPS) is 20.1. The highest BCUT2D eigenvalue weighted by Gasteiger charge is 2.41. The van der Waals surface area contributed by atoms with E-state index < -0.39 is 17.2 Å². The Morgan fingerprint density at radius 2 is 2.07 bits per heavy atom. The Morgan fingerprint density at radius 1 is 1.22 bits per heavy atom. The quantitative estimate of drug-likeness (QED) is 0.727. The van der Waals surface area contributed by atoms with Crippen molar-refractivity contribution in [1.29, 1.82) is 0 Å². The standard InChI is InChI=1S/C20H23F2N3O2/c21-17-6-5-15(12-18(17)22)13-25-11-3-8-20(27,19(25)26)14-23-10-7-16-4-1-2-9-24-16/h1-2,4-6,9,12,23,27H,3,7-8,10-11,13-14H2/t20-/m0/s1. The minimum atomic E-state index is -1.49. The van der Waals surface area contributed by atoms with Crippen LogP contribution in [0.3, 0.4) is 0 Å². The van der Waals surface area contributed by atoms with E-state index in [1.165, 1.54) is 11.0 Å². The van der Waals surface area contributed by atoms with Crippen molar-refractivity contribution in [3.8, 4) is 0 Å². The van der Waals surface area contributed by atoms with E-state index in [0.717, 1.165) is 17.8 Å². The lowest BCUT2D eigenvalue weighted by Gasteiger charge is -2.38. The van der Waals surface area contributed by atoms with Crippen LogP contribution in [0.15, 0.2) is 42.6 Å². The maximum Gasteiger partial charge on any atom is 0.256 e. The maximum atomic E-state index is 13.4. The summed E-state index contributed by atoms with van der Waals surface area (Å²) >= 11 is 0. The summed E-state index contributed by atoms with van der Waals surface area (Å²) in [6, 6.07) is 9.26. The number of piperidine rings is 1. The highest BCUT2D eigenvalue weighted by molar-refractivity contribution is 5.86. The van der Waals surface area contributed by atoms with Gasteiger partial charge in [0.05, 0.1) is 0 Å². The molecule has 0 radical (unpaired) electrons. The van der Waals surface area contributed by atoms with Crippen LogP contribution in [-0.4, -0.2) is 46.1 Å². The molecule has 2 aromatic rings. The Bertz CT molecular complexity index is 788. The number of carbonyl (C=O) groups is 1. The van der Waals surface area contributed by atoms with Crippen molar-refractivity contribution >= 4 is 5.91 Å². The second kappa shape index (κ2) is 8.54. The number of benzene rings is 1. The van der Waals surface area contributed by atoms with E-state index in [-0.39, 0.29) is 19.0 Å². The molecule has 3 rings (SSSR count). The Balaban J connectivity index is 1.55. The molecule has 144 valence electrons. The zero-order valence-corrected chi connectivity index (χ0v) is 15.0. The number of halogens is 2. The summed E-state index contributed by atoms with van der Waals surface area (Å²) in [5.41, 5.74) is -0.0532. The van der Waals surface area contributed by atoms with E-state index in [9.17, 15) is 18.7 Å². The highest BCUT2D eigenvalue weighted by atomic mass is 19.2. The molecule has 0 spiro atoms. The predicted molar refractivity (Wildman–Crippen MR) is 96.8 cm³/mol. The van der Waals surface area contributed by atoms with Gasteiger partial charge in [-0.05, 0) is 42.7 Å². The summed E-state index contributed by atoms with van der Waals surface area (Å²) in [7, 11) is 0. The molecule has 1 fully saturated rings. The molecule has 5 nitrogen and oxygen atoms in total. The summed E-state index contributed by atoms with van der Waals surface area (Å²) in [5, 5.41) is 13.9. The van der Waals surface area contributed by atoms with Crippen LogP contribution in [0.5, 0.6) is 0 Å². The van der Waals surface area contributed by atoms with Crippen LogP contribution in [0.4, 0.5) is 8.78 Å². The van der Waals surface area contributed by atoms with Crippen molar-refractivity contribution in [3.05, 3.63) is 65.5 Å². The van der Waals surface area contributed by atoms with Gasteiger partial charge < -0.3 is 15.3 Å². The number of likely N-dealkylation sites (tertiary alicyclic amines) is 1.